The minimum Gasteiger partial charge on any atom is -0.492 e. The van der Waals surface area contributed by atoms with Crippen molar-refractivity contribution < 1.29 is 14.3 Å². The van der Waals surface area contributed by atoms with Gasteiger partial charge in [0, 0.05) is 37.3 Å². The Morgan fingerprint density at radius 1 is 1.17 bits per heavy atom. The average molecular weight is 392 g/mol. The molecule has 0 spiro atoms. The largest absolute Gasteiger partial charge is 0.492 e. The summed E-state index contributed by atoms with van der Waals surface area (Å²) in [7, 11) is 2.02. The van der Waals surface area contributed by atoms with Crippen molar-refractivity contribution in [3.05, 3.63) is 66.4 Å². The third kappa shape index (κ3) is 4.80. The van der Waals surface area contributed by atoms with Crippen LogP contribution in [0.15, 0.2) is 60.8 Å². The number of aryl methyl sites for hydroxylation is 1. The van der Waals surface area contributed by atoms with Crippen molar-refractivity contribution >= 4 is 16.8 Å². The Bertz CT molecular complexity index is 945. The summed E-state index contributed by atoms with van der Waals surface area (Å²) in [6, 6.07) is 17.9. The van der Waals surface area contributed by atoms with E-state index in [9.17, 15) is 4.79 Å². The monoisotopic (exact) mass is 392 g/mol. The third-order valence-corrected chi connectivity index (χ3v) is 5.50. The lowest BCUT2D eigenvalue weighted by Gasteiger charge is -2.25. The number of hydrogen-bond acceptors (Lipinski definition) is 3. The van der Waals surface area contributed by atoms with Gasteiger partial charge in [-0.1, -0.05) is 36.4 Å². The molecule has 0 saturated carbocycles. The molecule has 152 valence electrons. The zero-order chi connectivity index (χ0) is 20.1. The van der Waals surface area contributed by atoms with Crippen LogP contribution in [-0.2, 0) is 23.0 Å². The standard InChI is InChI=1S/C24H28N2O3/c1-25-17-19(22-11-5-6-12-23(22)25)16-24(27)26(18-21-10-7-14-28-21)13-15-29-20-8-3-2-4-9-20/h2-6,8-9,11-12,17,21H,7,10,13-16,18H2,1H3. The number of nitrogens with zero attached hydrogens (tertiary/aromatic N) is 2. The van der Waals surface area contributed by atoms with Crippen LogP contribution in [0.2, 0.25) is 0 Å². The Labute approximate surface area is 171 Å². The van der Waals surface area contributed by atoms with Gasteiger partial charge in [0.05, 0.1) is 19.1 Å². The molecule has 4 rings (SSSR count). The molecule has 1 saturated heterocycles. The number of carbonyl (C=O) groups excluding carboxylic acids is 1. The molecule has 0 radical (unpaired) electrons. The summed E-state index contributed by atoms with van der Waals surface area (Å²) in [5.41, 5.74) is 2.21. The first kappa shape index (κ1) is 19.5. The maximum Gasteiger partial charge on any atom is 0.227 e. The molecule has 0 N–H and O–H groups in total. The fourth-order valence-corrected chi connectivity index (χ4v) is 3.98. The van der Waals surface area contributed by atoms with Gasteiger partial charge in [-0.3, -0.25) is 4.79 Å². The van der Waals surface area contributed by atoms with Crippen LogP contribution in [0.3, 0.4) is 0 Å². The zero-order valence-electron chi connectivity index (χ0n) is 16.9. The molecule has 1 aliphatic rings. The van der Waals surface area contributed by atoms with E-state index in [0.717, 1.165) is 41.7 Å². The fourth-order valence-electron chi connectivity index (χ4n) is 3.98. The maximum absolute atomic E-state index is 13.2. The summed E-state index contributed by atoms with van der Waals surface area (Å²) in [6.07, 6.45) is 4.66. The topological polar surface area (TPSA) is 43.7 Å². The summed E-state index contributed by atoms with van der Waals surface area (Å²) in [5.74, 6) is 0.944. The van der Waals surface area contributed by atoms with Gasteiger partial charge in [-0.25, -0.2) is 0 Å². The molecular formula is C24H28N2O3. The lowest BCUT2D eigenvalue weighted by Crippen LogP contribution is -2.40. The minimum absolute atomic E-state index is 0.119. The van der Waals surface area contributed by atoms with Gasteiger partial charge in [-0.15, -0.1) is 0 Å². The minimum atomic E-state index is 0.119. The molecule has 1 unspecified atom stereocenters. The number of amides is 1. The first-order valence-corrected chi connectivity index (χ1v) is 10.3. The predicted molar refractivity (Wildman–Crippen MR) is 114 cm³/mol. The molecule has 2 aromatic carbocycles. The van der Waals surface area contributed by atoms with Gasteiger partial charge < -0.3 is 18.9 Å². The van der Waals surface area contributed by atoms with E-state index >= 15 is 0 Å². The average Bonchev–Trinajstić information content (AvgIpc) is 3.36. The molecule has 0 bridgehead atoms. The number of para-hydroxylation sites is 2. The Balaban J connectivity index is 1.44. The van der Waals surface area contributed by atoms with E-state index < -0.39 is 0 Å². The lowest BCUT2D eigenvalue weighted by molar-refractivity contribution is -0.132. The van der Waals surface area contributed by atoms with Crippen molar-refractivity contribution in [2.24, 2.45) is 7.05 Å². The highest BCUT2D eigenvalue weighted by molar-refractivity contribution is 5.89. The number of rotatable bonds is 8. The van der Waals surface area contributed by atoms with E-state index in [4.69, 9.17) is 9.47 Å². The van der Waals surface area contributed by atoms with E-state index in [1.54, 1.807) is 0 Å². The molecular weight excluding hydrogens is 364 g/mol. The second kappa shape index (κ2) is 9.14. The van der Waals surface area contributed by atoms with Gasteiger partial charge in [0.2, 0.25) is 5.91 Å². The van der Waals surface area contributed by atoms with Crippen molar-refractivity contribution in [3.63, 3.8) is 0 Å². The van der Waals surface area contributed by atoms with Crippen LogP contribution in [-0.4, -0.2) is 47.8 Å². The quantitative estimate of drug-likeness (QED) is 0.586. The van der Waals surface area contributed by atoms with Gasteiger partial charge in [0.15, 0.2) is 0 Å². The summed E-state index contributed by atoms with van der Waals surface area (Å²) >= 11 is 0. The SMILES string of the molecule is Cn1cc(CC(=O)N(CCOc2ccccc2)CC2CCCO2)c2ccccc21. The maximum atomic E-state index is 13.2. The summed E-state index contributed by atoms with van der Waals surface area (Å²) in [4.78, 5) is 15.1. The van der Waals surface area contributed by atoms with Gasteiger partial charge in [-0.05, 0) is 36.6 Å². The van der Waals surface area contributed by atoms with Crippen LogP contribution in [0, 0.1) is 0 Å². The highest BCUT2D eigenvalue weighted by Gasteiger charge is 2.23. The van der Waals surface area contributed by atoms with Crippen LogP contribution < -0.4 is 4.74 Å². The molecule has 5 nitrogen and oxygen atoms in total. The molecule has 1 fully saturated rings. The summed E-state index contributed by atoms with van der Waals surface area (Å²) in [6.45, 7) is 2.44. The number of fused-ring (bicyclic) bond motifs is 1. The molecule has 2 heterocycles. The molecule has 1 amide bonds. The Morgan fingerprint density at radius 2 is 1.97 bits per heavy atom. The first-order chi connectivity index (χ1) is 14.2. The Kier molecular flexibility index (Phi) is 6.15. The highest BCUT2D eigenvalue weighted by Crippen LogP contribution is 2.22. The molecule has 1 atom stereocenters. The van der Waals surface area contributed by atoms with Crippen LogP contribution in [0.25, 0.3) is 10.9 Å². The van der Waals surface area contributed by atoms with Crippen molar-refractivity contribution in [2.45, 2.75) is 25.4 Å². The lowest BCUT2D eigenvalue weighted by atomic mass is 10.1. The molecule has 5 heteroatoms. The van der Waals surface area contributed by atoms with Crippen LogP contribution in [0.5, 0.6) is 5.75 Å². The second-order valence-corrected chi connectivity index (χ2v) is 7.60. The van der Waals surface area contributed by atoms with Gasteiger partial charge >= 0.3 is 0 Å². The third-order valence-electron chi connectivity index (χ3n) is 5.50. The van der Waals surface area contributed by atoms with Crippen LogP contribution >= 0.6 is 0 Å². The van der Waals surface area contributed by atoms with Crippen molar-refractivity contribution in [1.82, 2.24) is 9.47 Å². The van der Waals surface area contributed by atoms with Crippen molar-refractivity contribution in [3.8, 4) is 5.75 Å². The van der Waals surface area contributed by atoms with E-state index in [1.807, 2.05) is 54.4 Å². The zero-order valence-corrected chi connectivity index (χ0v) is 16.9. The molecule has 1 aliphatic heterocycles. The normalized spacial score (nSPS) is 16.2. The van der Waals surface area contributed by atoms with E-state index in [1.165, 1.54) is 0 Å². The molecule has 3 aromatic rings. The van der Waals surface area contributed by atoms with Crippen molar-refractivity contribution in [1.29, 1.82) is 0 Å². The van der Waals surface area contributed by atoms with Gasteiger partial charge in [0.1, 0.15) is 12.4 Å². The number of ether oxygens (including phenoxy) is 2. The summed E-state index contributed by atoms with van der Waals surface area (Å²) < 4.78 is 13.7. The van der Waals surface area contributed by atoms with Crippen molar-refractivity contribution in [2.75, 3.05) is 26.3 Å². The van der Waals surface area contributed by atoms with Crippen LogP contribution in [0.1, 0.15) is 18.4 Å². The molecule has 1 aromatic heterocycles. The predicted octanol–water partition coefficient (Wildman–Crippen LogP) is 3.81. The van der Waals surface area contributed by atoms with Crippen LogP contribution in [0.4, 0.5) is 0 Å². The van der Waals surface area contributed by atoms with Gasteiger partial charge in [-0.2, -0.15) is 0 Å². The Morgan fingerprint density at radius 3 is 2.76 bits per heavy atom. The fraction of sp³-hybridized carbons (Fsp3) is 0.375. The number of aromatic nitrogens is 1. The highest BCUT2D eigenvalue weighted by atomic mass is 16.5. The number of hydrogen-bond donors (Lipinski definition) is 0. The van der Waals surface area contributed by atoms with E-state index in [0.29, 0.717) is 26.1 Å². The number of carbonyl (C=O) groups is 1. The second-order valence-electron chi connectivity index (χ2n) is 7.60. The number of benzene rings is 2. The smallest absolute Gasteiger partial charge is 0.227 e. The first-order valence-electron chi connectivity index (χ1n) is 10.3. The van der Waals surface area contributed by atoms with E-state index in [-0.39, 0.29) is 12.0 Å². The molecule has 0 aliphatic carbocycles. The molecule has 29 heavy (non-hydrogen) atoms. The van der Waals surface area contributed by atoms with E-state index in [2.05, 4.69) is 22.9 Å². The van der Waals surface area contributed by atoms with Gasteiger partial charge in [0.25, 0.3) is 0 Å². The Hall–Kier alpha value is -2.79. The summed E-state index contributed by atoms with van der Waals surface area (Å²) in [5, 5.41) is 1.14.